The van der Waals surface area contributed by atoms with Crippen molar-refractivity contribution in [3.05, 3.63) is 6.92 Å². The third kappa shape index (κ3) is 5.85. The lowest BCUT2D eigenvalue weighted by Gasteiger charge is -2.05. The second-order valence-corrected chi connectivity index (χ2v) is 1.59. The number of halogens is 1. The van der Waals surface area contributed by atoms with Gasteiger partial charge in [-0.15, -0.1) is 0 Å². The maximum atomic E-state index is 11.6. The molecular formula is C5H10FO2. The third-order valence-corrected chi connectivity index (χ3v) is 0.518. The molecule has 0 aromatic rings. The van der Waals surface area contributed by atoms with Crippen LogP contribution in [0.3, 0.4) is 0 Å². The monoisotopic (exact) mass is 121 g/mol. The predicted molar refractivity (Wildman–Crippen MR) is 27.9 cm³/mol. The minimum absolute atomic E-state index is 0.00463. The molecule has 3 heteroatoms. The van der Waals surface area contributed by atoms with E-state index in [9.17, 15) is 4.39 Å². The van der Waals surface area contributed by atoms with E-state index in [0.717, 1.165) is 0 Å². The van der Waals surface area contributed by atoms with Gasteiger partial charge in [0.25, 0.3) is 0 Å². The fraction of sp³-hybridized carbons (Fsp3) is 0.800. The first-order valence-electron chi connectivity index (χ1n) is 2.39. The largest absolute Gasteiger partial charge is 0.391 e. The molecule has 2 atom stereocenters. The zero-order valence-corrected chi connectivity index (χ0v) is 4.80. The Morgan fingerprint density at radius 2 is 2.38 bits per heavy atom. The average Bonchev–Trinajstić information content (AvgIpc) is 1.61. The summed E-state index contributed by atoms with van der Waals surface area (Å²) < 4.78 is 15.9. The quantitative estimate of drug-likeness (QED) is 0.589. The molecule has 0 saturated heterocycles. The summed E-state index contributed by atoms with van der Waals surface area (Å²) in [6.07, 6.45) is -2.14. The second-order valence-electron chi connectivity index (χ2n) is 1.59. The third-order valence-electron chi connectivity index (χ3n) is 0.518. The van der Waals surface area contributed by atoms with E-state index in [1.807, 2.05) is 0 Å². The van der Waals surface area contributed by atoms with E-state index in [4.69, 9.17) is 5.11 Å². The van der Waals surface area contributed by atoms with Crippen LogP contribution in [-0.2, 0) is 4.74 Å². The first-order valence-corrected chi connectivity index (χ1v) is 2.39. The van der Waals surface area contributed by atoms with Crippen LogP contribution in [0.4, 0.5) is 4.39 Å². The molecule has 1 N–H and O–H groups in total. The van der Waals surface area contributed by atoms with Gasteiger partial charge in [0, 0.05) is 6.92 Å². The van der Waals surface area contributed by atoms with Crippen LogP contribution in [0.5, 0.6) is 0 Å². The van der Waals surface area contributed by atoms with Gasteiger partial charge in [0.2, 0.25) is 0 Å². The maximum Gasteiger partial charge on any atom is 0.199 e. The first kappa shape index (κ1) is 7.85. The highest BCUT2D eigenvalue weighted by Gasteiger charge is 1.99. The summed E-state index contributed by atoms with van der Waals surface area (Å²) in [4.78, 5) is 0. The van der Waals surface area contributed by atoms with Crippen molar-refractivity contribution in [3.63, 3.8) is 0 Å². The summed E-state index contributed by atoms with van der Waals surface area (Å²) in [5.74, 6) is 0. The highest BCUT2D eigenvalue weighted by atomic mass is 19.1. The normalized spacial score (nSPS) is 18.0. The van der Waals surface area contributed by atoms with Crippen molar-refractivity contribution in [1.82, 2.24) is 0 Å². The zero-order valence-electron chi connectivity index (χ0n) is 4.80. The Labute approximate surface area is 48.3 Å². The molecule has 0 amide bonds. The van der Waals surface area contributed by atoms with Crippen molar-refractivity contribution in [2.75, 3.05) is 6.61 Å². The highest BCUT2D eigenvalue weighted by Crippen LogP contribution is 1.91. The van der Waals surface area contributed by atoms with Crippen LogP contribution in [-0.4, -0.2) is 24.2 Å². The SMILES string of the molecule is [CH2]C(F)OCC(C)O. The first-order chi connectivity index (χ1) is 3.63. The molecule has 2 unspecified atom stereocenters. The van der Waals surface area contributed by atoms with Crippen LogP contribution < -0.4 is 0 Å². The van der Waals surface area contributed by atoms with Gasteiger partial charge >= 0.3 is 0 Å². The van der Waals surface area contributed by atoms with Crippen molar-refractivity contribution >= 4 is 0 Å². The van der Waals surface area contributed by atoms with Gasteiger partial charge in [-0.2, -0.15) is 0 Å². The molecule has 0 bridgehead atoms. The molecule has 0 spiro atoms. The molecule has 0 fully saturated rings. The molecule has 0 aliphatic carbocycles. The summed E-state index contributed by atoms with van der Waals surface area (Å²) in [5, 5.41) is 8.48. The van der Waals surface area contributed by atoms with Gasteiger partial charge in [0.15, 0.2) is 6.36 Å². The van der Waals surface area contributed by atoms with Gasteiger partial charge in [0.1, 0.15) is 0 Å². The molecule has 0 aliphatic heterocycles. The van der Waals surface area contributed by atoms with Crippen molar-refractivity contribution in [2.45, 2.75) is 19.4 Å². The minimum Gasteiger partial charge on any atom is -0.391 e. The van der Waals surface area contributed by atoms with Gasteiger partial charge in [0.05, 0.1) is 12.7 Å². The Balaban J connectivity index is 2.93. The van der Waals surface area contributed by atoms with Crippen molar-refractivity contribution in [1.29, 1.82) is 0 Å². The topological polar surface area (TPSA) is 29.5 Å². The number of aliphatic hydroxyl groups excluding tert-OH is 1. The predicted octanol–water partition coefficient (Wildman–Crippen LogP) is 0.513. The van der Waals surface area contributed by atoms with E-state index in [1.165, 1.54) is 6.92 Å². The van der Waals surface area contributed by atoms with E-state index in [0.29, 0.717) is 0 Å². The van der Waals surface area contributed by atoms with Crippen LogP contribution in [0, 0.1) is 6.92 Å². The summed E-state index contributed by atoms with van der Waals surface area (Å²) in [6.45, 7) is 4.43. The van der Waals surface area contributed by atoms with Crippen LogP contribution in [0.15, 0.2) is 0 Å². The summed E-state index contributed by atoms with van der Waals surface area (Å²) in [5.41, 5.74) is 0. The lowest BCUT2D eigenvalue weighted by Crippen LogP contribution is -2.13. The molecule has 49 valence electrons. The number of hydrogen-bond donors (Lipinski definition) is 1. The van der Waals surface area contributed by atoms with E-state index >= 15 is 0 Å². The summed E-state index contributed by atoms with van der Waals surface area (Å²) in [6, 6.07) is 0. The molecule has 0 aliphatic rings. The molecule has 1 radical (unpaired) electrons. The Hall–Kier alpha value is -0.150. The van der Waals surface area contributed by atoms with Crippen molar-refractivity contribution < 1.29 is 14.2 Å². The Morgan fingerprint density at radius 3 is 2.50 bits per heavy atom. The fourth-order valence-corrected chi connectivity index (χ4v) is 0.244. The van der Waals surface area contributed by atoms with Gasteiger partial charge in [-0.3, -0.25) is 0 Å². The maximum absolute atomic E-state index is 11.6. The Morgan fingerprint density at radius 1 is 1.88 bits per heavy atom. The van der Waals surface area contributed by atoms with Crippen molar-refractivity contribution in [3.8, 4) is 0 Å². The smallest absolute Gasteiger partial charge is 0.199 e. The van der Waals surface area contributed by atoms with E-state index in [1.54, 1.807) is 0 Å². The molecular weight excluding hydrogens is 111 g/mol. The van der Waals surface area contributed by atoms with Crippen LogP contribution in [0.1, 0.15) is 6.92 Å². The second kappa shape index (κ2) is 3.80. The molecule has 2 nitrogen and oxygen atoms in total. The van der Waals surface area contributed by atoms with Crippen LogP contribution >= 0.6 is 0 Å². The fourth-order valence-electron chi connectivity index (χ4n) is 0.244. The Bertz CT molecular complexity index is 46.4. The van der Waals surface area contributed by atoms with E-state index in [2.05, 4.69) is 11.7 Å². The molecule has 8 heavy (non-hydrogen) atoms. The number of ether oxygens (including phenoxy) is 1. The van der Waals surface area contributed by atoms with Gasteiger partial charge < -0.3 is 9.84 Å². The van der Waals surface area contributed by atoms with Gasteiger partial charge in [-0.1, -0.05) is 0 Å². The molecule has 0 saturated carbocycles. The lowest BCUT2D eigenvalue weighted by molar-refractivity contribution is -0.0428. The lowest BCUT2D eigenvalue weighted by atomic mass is 10.4. The molecule has 0 aromatic carbocycles. The number of aliphatic hydroxyl groups is 1. The standard InChI is InChI=1S/C5H10FO2/c1-4(7)3-8-5(2)6/h4-5,7H,2-3H2,1H3. The minimum atomic E-state index is -1.52. The zero-order chi connectivity index (χ0) is 6.57. The number of alkyl halides is 1. The van der Waals surface area contributed by atoms with E-state index in [-0.39, 0.29) is 6.61 Å². The van der Waals surface area contributed by atoms with Crippen LogP contribution in [0.2, 0.25) is 0 Å². The van der Waals surface area contributed by atoms with Gasteiger partial charge in [-0.05, 0) is 6.92 Å². The van der Waals surface area contributed by atoms with Crippen molar-refractivity contribution in [2.24, 2.45) is 0 Å². The molecule has 0 aromatic heterocycles. The number of rotatable bonds is 3. The Kier molecular flexibility index (Phi) is 3.73. The molecule has 0 rings (SSSR count). The average molecular weight is 121 g/mol. The summed E-state index contributed by atoms with van der Waals surface area (Å²) >= 11 is 0. The summed E-state index contributed by atoms with van der Waals surface area (Å²) in [7, 11) is 0. The number of hydrogen-bond acceptors (Lipinski definition) is 2. The van der Waals surface area contributed by atoms with Gasteiger partial charge in [-0.25, -0.2) is 4.39 Å². The highest BCUT2D eigenvalue weighted by molar-refractivity contribution is 4.45. The van der Waals surface area contributed by atoms with E-state index < -0.39 is 12.5 Å². The van der Waals surface area contributed by atoms with Crippen LogP contribution in [0.25, 0.3) is 0 Å². The molecule has 0 heterocycles.